The summed E-state index contributed by atoms with van der Waals surface area (Å²) >= 11 is 0. The molecule has 0 bridgehead atoms. The minimum Gasteiger partial charge on any atom is -0.449 e. The fraction of sp³-hybridized carbons (Fsp3) is 0.550. The number of fused-ring (bicyclic) bond motifs is 2. The average molecular weight is 370 g/mol. The zero-order valence-corrected chi connectivity index (χ0v) is 15.9. The van der Waals surface area contributed by atoms with Crippen molar-refractivity contribution in [2.75, 3.05) is 32.7 Å². The molecule has 2 aromatic heterocycles. The molecule has 1 aliphatic carbocycles. The number of urea groups is 1. The maximum absolute atomic E-state index is 12.4. The third-order valence-electron chi connectivity index (χ3n) is 5.99. The van der Waals surface area contributed by atoms with Crippen LogP contribution in [0.5, 0.6) is 0 Å². The minimum absolute atomic E-state index is 0.165. The quantitative estimate of drug-likeness (QED) is 0.848. The molecule has 3 amide bonds. The molecule has 7 heteroatoms. The zero-order chi connectivity index (χ0) is 19.0. The summed E-state index contributed by atoms with van der Waals surface area (Å²) in [5.41, 5.74) is 0.623. The Bertz CT molecular complexity index is 800. The highest BCUT2D eigenvalue weighted by Gasteiger charge is 2.56. The van der Waals surface area contributed by atoms with Gasteiger partial charge in [0.1, 0.15) is 0 Å². The van der Waals surface area contributed by atoms with Crippen molar-refractivity contribution >= 4 is 22.9 Å². The standard InChI is InChI=1S/C20H26N4O3/c1-3-23(4-2)20(26)24-11-15-14(16(15)12-24)6-8-22-19(25)17-9-13-5-7-21-10-18(13)27-17/h5,7,9-10,14-16H,3-4,6,8,11-12H2,1-2H3,(H,22,25)/t14?,15-,16+. The highest BCUT2D eigenvalue weighted by atomic mass is 16.3. The largest absolute Gasteiger partial charge is 0.449 e. The number of carbonyl (C=O) groups is 2. The molecule has 0 spiro atoms. The number of carbonyl (C=O) groups excluding carboxylic acids is 2. The number of hydrogen-bond donors (Lipinski definition) is 1. The lowest BCUT2D eigenvalue weighted by molar-refractivity contribution is 0.0926. The number of piperidine rings is 1. The molecule has 2 fully saturated rings. The Labute approximate surface area is 158 Å². The predicted molar refractivity (Wildman–Crippen MR) is 101 cm³/mol. The fourth-order valence-corrected chi connectivity index (χ4v) is 4.36. The summed E-state index contributed by atoms with van der Waals surface area (Å²) in [6.07, 6.45) is 4.25. The molecule has 4 rings (SSSR count). The van der Waals surface area contributed by atoms with Gasteiger partial charge in [-0.1, -0.05) is 0 Å². The molecule has 3 atom stereocenters. The van der Waals surface area contributed by atoms with Gasteiger partial charge in [0.25, 0.3) is 5.91 Å². The molecule has 1 unspecified atom stereocenters. The summed E-state index contributed by atoms with van der Waals surface area (Å²) in [6, 6.07) is 3.74. The van der Waals surface area contributed by atoms with E-state index in [0.717, 1.165) is 38.0 Å². The molecule has 1 saturated heterocycles. The molecule has 1 saturated carbocycles. The Morgan fingerprint density at radius 3 is 2.70 bits per heavy atom. The van der Waals surface area contributed by atoms with E-state index >= 15 is 0 Å². The van der Waals surface area contributed by atoms with Gasteiger partial charge in [-0.05, 0) is 50.2 Å². The van der Waals surface area contributed by atoms with E-state index in [1.165, 1.54) is 0 Å². The third kappa shape index (κ3) is 3.38. The monoisotopic (exact) mass is 370 g/mol. The number of likely N-dealkylation sites (tertiary alicyclic amines) is 1. The van der Waals surface area contributed by atoms with Gasteiger partial charge >= 0.3 is 6.03 Å². The number of furan rings is 1. The van der Waals surface area contributed by atoms with Crippen molar-refractivity contribution in [1.82, 2.24) is 20.1 Å². The molecule has 0 aromatic carbocycles. The lowest BCUT2D eigenvalue weighted by atomic mass is 10.2. The summed E-state index contributed by atoms with van der Waals surface area (Å²) in [5.74, 6) is 1.95. The van der Waals surface area contributed by atoms with Crippen molar-refractivity contribution in [3.05, 3.63) is 30.3 Å². The maximum Gasteiger partial charge on any atom is 0.319 e. The fourth-order valence-electron chi connectivity index (χ4n) is 4.36. The van der Waals surface area contributed by atoms with Gasteiger partial charge in [-0.15, -0.1) is 0 Å². The van der Waals surface area contributed by atoms with Crippen LogP contribution in [0.2, 0.25) is 0 Å². The van der Waals surface area contributed by atoms with Crippen LogP contribution in [0, 0.1) is 17.8 Å². The van der Waals surface area contributed by atoms with Crippen molar-refractivity contribution in [3.63, 3.8) is 0 Å². The van der Waals surface area contributed by atoms with E-state index in [-0.39, 0.29) is 11.9 Å². The van der Waals surface area contributed by atoms with Crippen LogP contribution < -0.4 is 5.32 Å². The van der Waals surface area contributed by atoms with Crippen molar-refractivity contribution in [1.29, 1.82) is 0 Å². The molecule has 1 N–H and O–H groups in total. The third-order valence-corrected chi connectivity index (χ3v) is 5.99. The van der Waals surface area contributed by atoms with Gasteiger partial charge in [0.15, 0.2) is 11.3 Å². The summed E-state index contributed by atoms with van der Waals surface area (Å²) in [5, 5.41) is 3.83. The smallest absolute Gasteiger partial charge is 0.319 e. The molecule has 3 heterocycles. The molecule has 2 aromatic rings. The number of amides is 3. The number of pyridine rings is 1. The van der Waals surface area contributed by atoms with Crippen LogP contribution in [-0.2, 0) is 0 Å². The number of aromatic nitrogens is 1. The zero-order valence-electron chi connectivity index (χ0n) is 15.9. The van der Waals surface area contributed by atoms with E-state index in [1.54, 1.807) is 18.5 Å². The predicted octanol–water partition coefficient (Wildman–Crippen LogP) is 2.59. The molecular formula is C20H26N4O3. The van der Waals surface area contributed by atoms with Gasteiger partial charge < -0.3 is 19.5 Å². The van der Waals surface area contributed by atoms with Crippen molar-refractivity contribution < 1.29 is 14.0 Å². The van der Waals surface area contributed by atoms with Gasteiger partial charge in [-0.3, -0.25) is 9.78 Å². The molecule has 144 valence electrons. The first kappa shape index (κ1) is 17.8. The van der Waals surface area contributed by atoms with Gasteiger partial charge in [0.05, 0.1) is 6.20 Å². The Hall–Kier alpha value is -2.57. The summed E-state index contributed by atoms with van der Waals surface area (Å²) in [4.78, 5) is 32.5. The Balaban J connectivity index is 1.22. The molecular weight excluding hydrogens is 344 g/mol. The highest BCUT2D eigenvalue weighted by Crippen LogP contribution is 2.53. The van der Waals surface area contributed by atoms with Crippen LogP contribution >= 0.6 is 0 Å². The lowest BCUT2D eigenvalue weighted by Gasteiger charge is -2.27. The molecule has 27 heavy (non-hydrogen) atoms. The molecule has 2 aliphatic rings. The molecule has 1 aliphatic heterocycles. The van der Waals surface area contributed by atoms with Crippen molar-refractivity contribution in [3.8, 4) is 0 Å². The summed E-state index contributed by atoms with van der Waals surface area (Å²) in [7, 11) is 0. The van der Waals surface area contributed by atoms with E-state index in [1.807, 2.05) is 29.7 Å². The molecule has 7 nitrogen and oxygen atoms in total. The van der Waals surface area contributed by atoms with Gasteiger partial charge in [-0.25, -0.2) is 4.79 Å². The van der Waals surface area contributed by atoms with E-state index in [2.05, 4.69) is 10.3 Å². The number of nitrogens with zero attached hydrogens (tertiary/aromatic N) is 3. The van der Waals surface area contributed by atoms with E-state index in [4.69, 9.17) is 4.42 Å². The average Bonchev–Trinajstić information content (AvgIpc) is 3.07. The van der Waals surface area contributed by atoms with Crippen LogP contribution in [0.3, 0.4) is 0 Å². The Kier molecular flexibility index (Phi) is 4.76. The van der Waals surface area contributed by atoms with E-state index < -0.39 is 0 Å². The van der Waals surface area contributed by atoms with Crippen LogP contribution in [-0.4, -0.2) is 59.4 Å². The first-order valence-electron chi connectivity index (χ1n) is 9.78. The summed E-state index contributed by atoms with van der Waals surface area (Å²) in [6.45, 7) is 7.90. The SMILES string of the molecule is CCN(CC)C(=O)N1C[C@@H]2C(CCNC(=O)c3cc4ccncc4o3)[C@@H]2C1. The maximum atomic E-state index is 12.4. The lowest BCUT2D eigenvalue weighted by Crippen LogP contribution is -2.43. The van der Waals surface area contributed by atoms with Crippen molar-refractivity contribution in [2.45, 2.75) is 20.3 Å². The van der Waals surface area contributed by atoms with Crippen LogP contribution in [0.25, 0.3) is 11.0 Å². The number of nitrogens with one attached hydrogen (secondary N) is 1. The topological polar surface area (TPSA) is 78.7 Å². The Morgan fingerprint density at radius 2 is 2.04 bits per heavy atom. The number of hydrogen-bond acceptors (Lipinski definition) is 4. The second-order valence-electron chi connectivity index (χ2n) is 7.42. The van der Waals surface area contributed by atoms with Crippen LogP contribution in [0.1, 0.15) is 30.8 Å². The van der Waals surface area contributed by atoms with E-state index in [9.17, 15) is 9.59 Å². The number of rotatable bonds is 6. The van der Waals surface area contributed by atoms with Crippen molar-refractivity contribution in [2.24, 2.45) is 17.8 Å². The van der Waals surface area contributed by atoms with Gasteiger partial charge in [0, 0.05) is 44.3 Å². The van der Waals surface area contributed by atoms with Gasteiger partial charge in [-0.2, -0.15) is 0 Å². The minimum atomic E-state index is -0.185. The van der Waals surface area contributed by atoms with E-state index in [0.29, 0.717) is 35.6 Å². The normalized spacial score (nSPS) is 23.3. The Morgan fingerprint density at radius 1 is 1.30 bits per heavy atom. The second kappa shape index (κ2) is 7.21. The summed E-state index contributed by atoms with van der Waals surface area (Å²) < 4.78 is 5.54. The molecule has 0 radical (unpaired) electrons. The second-order valence-corrected chi connectivity index (χ2v) is 7.42. The first-order valence-corrected chi connectivity index (χ1v) is 9.78. The first-order chi connectivity index (χ1) is 13.1. The van der Waals surface area contributed by atoms with Crippen LogP contribution in [0.15, 0.2) is 28.9 Å². The highest BCUT2D eigenvalue weighted by molar-refractivity contribution is 5.95. The van der Waals surface area contributed by atoms with Crippen LogP contribution in [0.4, 0.5) is 4.79 Å². The van der Waals surface area contributed by atoms with Gasteiger partial charge in [0.2, 0.25) is 0 Å².